The lowest BCUT2D eigenvalue weighted by Crippen LogP contribution is -2.60. The summed E-state index contributed by atoms with van der Waals surface area (Å²) in [5.74, 6) is -1.53. The predicted octanol–water partition coefficient (Wildman–Crippen LogP) is 1.57. The molecule has 2 aromatic rings. The average Bonchev–Trinajstić information content (AvgIpc) is 2.72. The topological polar surface area (TPSA) is 98.8 Å². The molecule has 1 aliphatic heterocycles. The van der Waals surface area contributed by atoms with E-state index < -0.39 is 44.4 Å². The van der Waals surface area contributed by atoms with Crippen molar-refractivity contribution in [3.8, 4) is 0 Å². The van der Waals surface area contributed by atoms with Crippen LogP contribution in [0.15, 0.2) is 60.7 Å². The lowest BCUT2D eigenvalue weighted by Gasteiger charge is -2.40. The van der Waals surface area contributed by atoms with E-state index in [0.717, 1.165) is 0 Å². The van der Waals surface area contributed by atoms with Crippen molar-refractivity contribution >= 4 is 21.8 Å². The van der Waals surface area contributed by atoms with Crippen LogP contribution in [0, 0.1) is 0 Å². The minimum Gasteiger partial charge on any atom is -0.468 e. The minimum atomic E-state index is -4.04. The summed E-state index contributed by atoms with van der Waals surface area (Å²) in [6.07, 6.45) is 0. The first-order valence-electron chi connectivity index (χ1n) is 8.66. The highest BCUT2D eigenvalue weighted by molar-refractivity contribution is 7.92. The van der Waals surface area contributed by atoms with Gasteiger partial charge in [-0.25, -0.2) is 8.42 Å². The molecule has 4 atom stereocenters. The van der Waals surface area contributed by atoms with E-state index in [9.17, 15) is 18.0 Å². The highest BCUT2D eigenvalue weighted by Crippen LogP contribution is 2.43. The molecule has 0 radical (unpaired) electrons. The normalized spacial score (nSPS) is 26.2. The van der Waals surface area contributed by atoms with Crippen molar-refractivity contribution in [1.82, 2.24) is 5.32 Å². The molecule has 3 rings (SSSR count). The Balaban J connectivity index is 2.21. The maximum absolute atomic E-state index is 13.7. The molecule has 0 amide bonds. The van der Waals surface area contributed by atoms with Gasteiger partial charge >= 0.3 is 11.9 Å². The molecule has 0 aromatic heterocycles. The number of nitrogens with one attached hydrogen (secondary N) is 1. The van der Waals surface area contributed by atoms with Gasteiger partial charge in [-0.3, -0.25) is 14.9 Å². The van der Waals surface area contributed by atoms with Crippen molar-refractivity contribution in [1.29, 1.82) is 0 Å². The van der Waals surface area contributed by atoms with Gasteiger partial charge in [0.05, 0.1) is 14.2 Å². The third-order valence-corrected chi connectivity index (χ3v) is 7.34. The second-order valence-corrected chi connectivity index (χ2v) is 8.61. The van der Waals surface area contributed by atoms with E-state index >= 15 is 0 Å². The van der Waals surface area contributed by atoms with Crippen molar-refractivity contribution in [2.45, 2.75) is 22.6 Å². The number of rotatable bonds is 4. The van der Waals surface area contributed by atoms with Crippen molar-refractivity contribution in [2.75, 3.05) is 14.2 Å². The zero-order valence-electron chi connectivity index (χ0n) is 15.4. The molecule has 1 fully saturated rings. The zero-order chi connectivity index (χ0) is 20.3. The second kappa shape index (κ2) is 8.12. The standard InChI is InChI=1S/C20H21NO6S/c1-26-19(22)15-17(13-9-5-3-6-10-13)28(24,25)18(14-11-7-4-8-12-14)16(21-15)20(23)27-2/h3-12,15-18,21H,1-2H3/t15-,16-,17-,18-/m1/s1. The monoisotopic (exact) mass is 403 g/mol. The zero-order valence-corrected chi connectivity index (χ0v) is 16.3. The molecular formula is C20H21NO6S. The maximum Gasteiger partial charge on any atom is 0.324 e. The largest absolute Gasteiger partial charge is 0.468 e. The van der Waals surface area contributed by atoms with Gasteiger partial charge in [0.2, 0.25) is 0 Å². The average molecular weight is 403 g/mol. The van der Waals surface area contributed by atoms with E-state index in [2.05, 4.69) is 5.32 Å². The number of esters is 2. The molecule has 0 aliphatic carbocycles. The number of carbonyl (C=O) groups excluding carboxylic acids is 2. The van der Waals surface area contributed by atoms with Gasteiger partial charge in [-0.15, -0.1) is 0 Å². The van der Waals surface area contributed by atoms with Crippen molar-refractivity contribution in [3.63, 3.8) is 0 Å². The molecule has 7 nitrogen and oxygen atoms in total. The molecule has 1 heterocycles. The molecule has 0 bridgehead atoms. The number of carbonyl (C=O) groups is 2. The van der Waals surface area contributed by atoms with Gasteiger partial charge < -0.3 is 9.47 Å². The van der Waals surface area contributed by atoms with Crippen molar-refractivity contribution in [2.24, 2.45) is 0 Å². The number of sulfone groups is 1. The van der Waals surface area contributed by atoms with Crippen LogP contribution in [-0.2, 0) is 28.9 Å². The lowest BCUT2D eigenvalue weighted by atomic mass is 9.99. The number of methoxy groups -OCH3 is 2. The van der Waals surface area contributed by atoms with Crippen molar-refractivity contribution in [3.05, 3.63) is 71.8 Å². The number of hydrogen-bond acceptors (Lipinski definition) is 7. The summed E-state index contributed by atoms with van der Waals surface area (Å²) in [5.41, 5.74) is 0.879. The van der Waals surface area contributed by atoms with Gasteiger partial charge in [0.25, 0.3) is 0 Å². The van der Waals surface area contributed by atoms with Crippen LogP contribution in [-0.4, -0.2) is 46.7 Å². The Hall–Kier alpha value is -2.71. The summed E-state index contributed by atoms with van der Waals surface area (Å²) in [6.45, 7) is 0. The maximum atomic E-state index is 13.7. The highest BCUT2D eigenvalue weighted by atomic mass is 32.2. The molecular weight excluding hydrogens is 382 g/mol. The highest BCUT2D eigenvalue weighted by Gasteiger charge is 2.55. The summed E-state index contributed by atoms with van der Waals surface area (Å²) in [6, 6.07) is 14.4. The Kier molecular flexibility index (Phi) is 5.81. The predicted molar refractivity (Wildman–Crippen MR) is 102 cm³/mol. The van der Waals surface area contributed by atoms with Crippen LogP contribution in [0.25, 0.3) is 0 Å². The molecule has 0 spiro atoms. The van der Waals surface area contributed by atoms with Crippen molar-refractivity contribution < 1.29 is 27.5 Å². The minimum absolute atomic E-state index is 0.439. The van der Waals surface area contributed by atoms with Crippen LogP contribution < -0.4 is 5.32 Å². The fourth-order valence-corrected chi connectivity index (χ4v) is 6.12. The summed E-state index contributed by atoms with van der Waals surface area (Å²) in [5, 5.41) is 0.448. The van der Waals surface area contributed by atoms with E-state index in [-0.39, 0.29) is 0 Å². The second-order valence-electron chi connectivity index (χ2n) is 6.42. The molecule has 0 unspecified atom stereocenters. The SMILES string of the molecule is COC(=O)[C@@H]1N[C@@H](C(=O)OC)[C@@H](c2ccccc2)S(=O)(=O)[C@@H]1c1ccccc1. The van der Waals surface area contributed by atoms with Gasteiger partial charge in [0, 0.05) is 0 Å². The number of benzene rings is 2. The molecule has 0 saturated carbocycles. The van der Waals surface area contributed by atoms with E-state index in [1.165, 1.54) is 14.2 Å². The van der Waals surface area contributed by atoms with Crippen LogP contribution in [0.5, 0.6) is 0 Å². The molecule has 8 heteroatoms. The Bertz CT molecular complexity index is 874. The van der Waals surface area contributed by atoms with E-state index in [1.807, 2.05) is 0 Å². The summed E-state index contributed by atoms with van der Waals surface area (Å²) >= 11 is 0. The quantitative estimate of drug-likeness (QED) is 0.774. The number of ether oxygens (including phenoxy) is 2. The van der Waals surface area contributed by atoms with E-state index in [0.29, 0.717) is 11.1 Å². The Morgan fingerprint density at radius 1 is 0.750 bits per heavy atom. The first-order chi connectivity index (χ1) is 13.4. The van der Waals surface area contributed by atoms with Crippen LogP contribution >= 0.6 is 0 Å². The molecule has 2 aromatic carbocycles. The van der Waals surface area contributed by atoms with Gasteiger partial charge in [-0.05, 0) is 11.1 Å². The van der Waals surface area contributed by atoms with Gasteiger partial charge in [-0.2, -0.15) is 0 Å². The third-order valence-electron chi connectivity index (χ3n) is 4.84. The Labute approximate surface area is 163 Å². The third kappa shape index (κ3) is 3.53. The van der Waals surface area contributed by atoms with Gasteiger partial charge in [0.15, 0.2) is 9.84 Å². The van der Waals surface area contributed by atoms with E-state index in [4.69, 9.17) is 9.47 Å². The van der Waals surface area contributed by atoms with E-state index in [1.54, 1.807) is 60.7 Å². The smallest absolute Gasteiger partial charge is 0.324 e. The fraction of sp³-hybridized carbons (Fsp3) is 0.300. The van der Waals surface area contributed by atoms with Gasteiger partial charge in [-0.1, -0.05) is 60.7 Å². The van der Waals surface area contributed by atoms with Crippen LogP contribution in [0.1, 0.15) is 21.6 Å². The first-order valence-corrected chi connectivity index (χ1v) is 10.3. The molecule has 1 saturated heterocycles. The van der Waals surface area contributed by atoms with Crippen LogP contribution in [0.2, 0.25) is 0 Å². The summed E-state index contributed by atoms with van der Waals surface area (Å²) < 4.78 is 37.1. The molecule has 1 aliphatic rings. The van der Waals surface area contributed by atoms with Crippen LogP contribution in [0.4, 0.5) is 0 Å². The summed E-state index contributed by atoms with van der Waals surface area (Å²) in [4.78, 5) is 24.9. The number of hydrogen-bond donors (Lipinski definition) is 1. The Morgan fingerprint density at radius 3 is 1.43 bits per heavy atom. The fourth-order valence-electron chi connectivity index (χ4n) is 3.59. The van der Waals surface area contributed by atoms with Gasteiger partial charge in [0.1, 0.15) is 22.6 Å². The molecule has 28 heavy (non-hydrogen) atoms. The lowest BCUT2D eigenvalue weighted by molar-refractivity contribution is -0.147. The van der Waals surface area contributed by atoms with Crippen LogP contribution in [0.3, 0.4) is 0 Å². The Morgan fingerprint density at radius 2 is 1.11 bits per heavy atom. The molecule has 148 valence electrons. The molecule has 1 N–H and O–H groups in total. The first kappa shape index (κ1) is 20.0. The summed E-state index contributed by atoms with van der Waals surface area (Å²) in [7, 11) is -1.69.